The SMILES string of the molecule is CC(C)(C)OC(=O)N1CCC(C(=O)Nc2ccc(-n3ccnc3)cc2)CC1. The van der Waals surface area contributed by atoms with Crippen molar-refractivity contribution in [2.24, 2.45) is 5.92 Å². The Bertz CT molecular complexity index is 771. The third kappa shape index (κ3) is 5.09. The molecule has 0 saturated carbocycles. The molecule has 0 radical (unpaired) electrons. The lowest BCUT2D eigenvalue weighted by molar-refractivity contribution is -0.121. The van der Waals surface area contributed by atoms with Gasteiger partial charge in [0.15, 0.2) is 0 Å². The van der Waals surface area contributed by atoms with Gasteiger partial charge < -0.3 is 19.5 Å². The van der Waals surface area contributed by atoms with Crippen LogP contribution < -0.4 is 5.32 Å². The number of anilines is 1. The highest BCUT2D eigenvalue weighted by molar-refractivity contribution is 5.92. The van der Waals surface area contributed by atoms with Crippen LogP contribution >= 0.6 is 0 Å². The minimum atomic E-state index is -0.506. The molecule has 7 heteroatoms. The Morgan fingerprint density at radius 3 is 2.37 bits per heavy atom. The molecule has 1 aromatic heterocycles. The van der Waals surface area contributed by atoms with Crippen molar-refractivity contribution in [1.82, 2.24) is 14.5 Å². The van der Waals surface area contributed by atoms with Gasteiger partial charge in [-0.3, -0.25) is 4.79 Å². The van der Waals surface area contributed by atoms with E-state index in [1.54, 1.807) is 17.4 Å². The molecule has 1 N–H and O–H groups in total. The van der Waals surface area contributed by atoms with Crippen LogP contribution in [0.5, 0.6) is 0 Å². The molecule has 27 heavy (non-hydrogen) atoms. The maximum absolute atomic E-state index is 12.5. The number of imidazole rings is 1. The molecule has 0 unspecified atom stereocenters. The van der Waals surface area contributed by atoms with E-state index in [4.69, 9.17) is 4.74 Å². The molecule has 1 saturated heterocycles. The van der Waals surface area contributed by atoms with Crippen LogP contribution in [0.25, 0.3) is 5.69 Å². The lowest BCUT2D eigenvalue weighted by Gasteiger charge is -2.32. The van der Waals surface area contributed by atoms with Crippen molar-refractivity contribution in [3.63, 3.8) is 0 Å². The van der Waals surface area contributed by atoms with Crippen molar-refractivity contribution in [2.45, 2.75) is 39.2 Å². The predicted molar refractivity (Wildman–Crippen MR) is 103 cm³/mol. The first-order chi connectivity index (χ1) is 12.8. The van der Waals surface area contributed by atoms with Gasteiger partial charge >= 0.3 is 6.09 Å². The molecule has 0 aliphatic carbocycles. The normalized spacial score (nSPS) is 15.4. The van der Waals surface area contributed by atoms with Gasteiger partial charge in [-0.05, 0) is 57.9 Å². The van der Waals surface area contributed by atoms with E-state index in [1.807, 2.05) is 55.8 Å². The lowest BCUT2D eigenvalue weighted by Crippen LogP contribution is -2.43. The van der Waals surface area contributed by atoms with E-state index in [2.05, 4.69) is 10.3 Å². The Morgan fingerprint density at radius 1 is 1.15 bits per heavy atom. The highest BCUT2D eigenvalue weighted by Gasteiger charge is 2.29. The third-order valence-corrected chi connectivity index (χ3v) is 4.45. The standard InChI is InChI=1S/C20H26N4O3/c1-20(2,3)27-19(26)23-11-8-15(9-12-23)18(25)22-16-4-6-17(7-5-16)24-13-10-21-14-24/h4-7,10,13-15H,8-9,11-12H2,1-3H3,(H,22,25). The Hall–Kier alpha value is -2.83. The maximum Gasteiger partial charge on any atom is 0.410 e. The van der Waals surface area contributed by atoms with Crippen LogP contribution in [-0.2, 0) is 9.53 Å². The zero-order valence-electron chi connectivity index (χ0n) is 16.0. The van der Waals surface area contributed by atoms with E-state index in [1.165, 1.54) is 0 Å². The number of ether oxygens (including phenoxy) is 1. The quantitative estimate of drug-likeness (QED) is 0.898. The fraction of sp³-hybridized carbons (Fsp3) is 0.450. The lowest BCUT2D eigenvalue weighted by atomic mass is 9.96. The number of likely N-dealkylation sites (tertiary alicyclic amines) is 1. The molecule has 1 aromatic carbocycles. The van der Waals surface area contributed by atoms with Crippen LogP contribution in [0.15, 0.2) is 43.0 Å². The Kier molecular flexibility index (Phi) is 5.48. The molecular formula is C20H26N4O3. The van der Waals surface area contributed by atoms with Gasteiger partial charge in [0.25, 0.3) is 0 Å². The number of carbonyl (C=O) groups is 2. The minimum absolute atomic E-state index is 0.00535. The highest BCUT2D eigenvalue weighted by Crippen LogP contribution is 2.22. The first-order valence-corrected chi connectivity index (χ1v) is 9.19. The Morgan fingerprint density at radius 2 is 1.81 bits per heavy atom. The van der Waals surface area contributed by atoms with Crippen LogP contribution in [0.1, 0.15) is 33.6 Å². The number of aromatic nitrogens is 2. The largest absolute Gasteiger partial charge is 0.444 e. The molecule has 2 aromatic rings. The van der Waals surface area contributed by atoms with Gasteiger partial charge in [0, 0.05) is 42.8 Å². The van der Waals surface area contributed by atoms with E-state index in [9.17, 15) is 9.59 Å². The van der Waals surface area contributed by atoms with Crippen molar-refractivity contribution in [1.29, 1.82) is 0 Å². The van der Waals surface area contributed by atoms with Crippen molar-refractivity contribution in [2.75, 3.05) is 18.4 Å². The molecule has 144 valence electrons. The third-order valence-electron chi connectivity index (χ3n) is 4.45. The average Bonchev–Trinajstić information content (AvgIpc) is 3.16. The van der Waals surface area contributed by atoms with Crippen LogP contribution in [0.4, 0.5) is 10.5 Å². The van der Waals surface area contributed by atoms with E-state index in [-0.39, 0.29) is 17.9 Å². The van der Waals surface area contributed by atoms with Gasteiger partial charge in [0.1, 0.15) is 5.60 Å². The van der Waals surface area contributed by atoms with Gasteiger partial charge in [-0.15, -0.1) is 0 Å². The fourth-order valence-electron chi connectivity index (χ4n) is 3.02. The summed E-state index contributed by atoms with van der Waals surface area (Å²) in [7, 11) is 0. The number of rotatable bonds is 3. The van der Waals surface area contributed by atoms with E-state index in [0.717, 1.165) is 11.4 Å². The fourth-order valence-corrected chi connectivity index (χ4v) is 3.02. The monoisotopic (exact) mass is 370 g/mol. The van der Waals surface area contributed by atoms with Crippen LogP contribution in [0.3, 0.4) is 0 Å². The molecule has 0 bridgehead atoms. The van der Waals surface area contributed by atoms with Crippen molar-refractivity contribution < 1.29 is 14.3 Å². The summed E-state index contributed by atoms with van der Waals surface area (Å²) in [6.07, 6.45) is 6.28. The van der Waals surface area contributed by atoms with E-state index >= 15 is 0 Å². The molecule has 0 spiro atoms. The summed E-state index contributed by atoms with van der Waals surface area (Å²) in [5.41, 5.74) is 1.24. The second-order valence-electron chi connectivity index (χ2n) is 7.75. The topological polar surface area (TPSA) is 76.5 Å². The summed E-state index contributed by atoms with van der Waals surface area (Å²) in [5, 5.41) is 2.97. The molecule has 2 heterocycles. The van der Waals surface area contributed by atoms with Crippen molar-refractivity contribution in [3.05, 3.63) is 43.0 Å². The maximum atomic E-state index is 12.5. The minimum Gasteiger partial charge on any atom is -0.444 e. The zero-order valence-corrected chi connectivity index (χ0v) is 16.0. The number of carbonyl (C=O) groups excluding carboxylic acids is 2. The Balaban J connectivity index is 1.50. The summed E-state index contributed by atoms with van der Waals surface area (Å²) < 4.78 is 7.29. The van der Waals surface area contributed by atoms with E-state index in [0.29, 0.717) is 25.9 Å². The number of hydrogen-bond acceptors (Lipinski definition) is 4. The number of nitrogens with zero attached hydrogens (tertiary/aromatic N) is 3. The summed E-state index contributed by atoms with van der Waals surface area (Å²) >= 11 is 0. The smallest absolute Gasteiger partial charge is 0.410 e. The number of benzene rings is 1. The number of nitrogens with one attached hydrogen (secondary N) is 1. The van der Waals surface area contributed by atoms with Gasteiger partial charge in [0.2, 0.25) is 5.91 Å². The van der Waals surface area contributed by atoms with Crippen LogP contribution in [-0.4, -0.2) is 45.1 Å². The highest BCUT2D eigenvalue weighted by atomic mass is 16.6. The molecule has 3 rings (SSSR count). The van der Waals surface area contributed by atoms with Gasteiger partial charge in [-0.2, -0.15) is 0 Å². The molecule has 1 aliphatic heterocycles. The Labute approximate surface area is 159 Å². The summed E-state index contributed by atoms with van der Waals surface area (Å²) in [4.78, 5) is 30.3. The zero-order chi connectivity index (χ0) is 19.4. The first-order valence-electron chi connectivity index (χ1n) is 9.19. The van der Waals surface area contributed by atoms with Gasteiger partial charge in [0.05, 0.1) is 6.33 Å². The molecule has 7 nitrogen and oxygen atoms in total. The summed E-state index contributed by atoms with van der Waals surface area (Å²) in [5.74, 6) is -0.105. The second kappa shape index (κ2) is 7.82. The van der Waals surface area contributed by atoms with E-state index < -0.39 is 5.60 Å². The molecule has 1 aliphatic rings. The van der Waals surface area contributed by atoms with Gasteiger partial charge in [-0.25, -0.2) is 9.78 Å². The number of amides is 2. The van der Waals surface area contributed by atoms with Crippen molar-refractivity contribution in [3.8, 4) is 5.69 Å². The second-order valence-corrected chi connectivity index (χ2v) is 7.75. The molecular weight excluding hydrogens is 344 g/mol. The van der Waals surface area contributed by atoms with Crippen LogP contribution in [0, 0.1) is 5.92 Å². The first kappa shape index (κ1) is 18.9. The van der Waals surface area contributed by atoms with Crippen LogP contribution in [0.2, 0.25) is 0 Å². The molecule has 1 fully saturated rings. The predicted octanol–water partition coefficient (Wildman–Crippen LogP) is 3.46. The summed E-state index contributed by atoms with van der Waals surface area (Å²) in [6, 6.07) is 7.62. The van der Waals surface area contributed by atoms with Crippen molar-refractivity contribution >= 4 is 17.7 Å². The number of piperidine rings is 1. The molecule has 2 amide bonds. The van der Waals surface area contributed by atoms with Gasteiger partial charge in [-0.1, -0.05) is 0 Å². The molecule has 0 atom stereocenters. The average molecular weight is 370 g/mol. The summed E-state index contributed by atoms with van der Waals surface area (Å²) in [6.45, 7) is 6.62. The number of hydrogen-bond donors (Lipinski definition) is 1.